The Kier molecular flexibility index (Phi) is 9.10. The molecule has 0 aliphatic heterocycles. The Bertz CT molecular complexity index is 119. The molecule has 1 nitrogen and oxygen atoms in total. The summed E-state index contributed by atoms with van der Waals surface area (Å²) in [5, 5.41) is 0. The van der Waals surface area contributed by atoms with Gasteiger partial charge in [0.15, 0.2) is 0 Å². The van der Waals surface area contributed by atoms with Crippen LogP contribution in [0, 0.1) is 18.4 Å². The molecule has 0 spiro atoms. The monoisotopic (exact) mass is 153 g/mol. The molecule has 0 bridgehead atoms. The van der Waals surface area contributed by atoms with Crippen molar-refractivity contribution in [3.63, 3.8) is 0 Å². The lowest BCUT2D eigenvalue weighted by molar-refractivity contribution is 0.198. The van der Waals surface area contributed by atoms with Crippen molar-refractivity contribution < 1.29 is 4.74 Å². The van der Waals surface area contributed by atoms with Gasteiger partial charge in [-0.1, -0.05) is 6.42 Å². The Morgan fingerprint density at radius 1 is 1.27 bits per heavy atom. The van der Waals surface area contributed by atoms with Gasteiger partial charge in [-0.2, -0.15) is 0 Å². The summed E-state index contributed by atoms with van der Waals surface area (Å²) in [6.07, 6.45) is 4.61. The van der Waals surface area contributed by atoms with Crippen molar-refractivity contribution in [2.45, 2.75) is 39.5 Å². The van der Waals surface area contributed by atoms with Crippen LogP contribution in [0.25, 0.3) is 0 Å². The summed E-state index contributed by atoms with van der Waals surface area (Å²) in [5.41, 5.74) is 0. The van der Waals surface area contributed by atoms with Crippen LogP contribution >= 0.6 is 0 Å². The molecular weight excluding hydrogens is 136 g/mol. The van der Waals surface area contributed by atoms with Gasteiger partial charge in [-0.15, -0.1) is 11.8 Å². The van der Waals surface area contributed by atoms with Crippen LogP contribution in [-0.4, -0.2) is 6.61 Å². The smallest absolute Gasteiger partial charge is 0.0805 e. The SMILES string of the molecule is CC#CCCCCCO[CH]C. The molecule has 0 atom stereocenters. The van der Waals surface area contributed by atoms with E-state index in [1.807, 2.05) is 13.8 Å². The fraction of sp³-hybridized carbons (Fsp3) is 0.700. The second kappa shape index (κ2) is 9.52. The molecule has 63 valence electrons. The van der Waals surface area contributed by atoms with Gasteiger partial charge in [0.2, 0.25) is 0 Å². The summed E-state index contributed by atoms with van der Waals surface area (Å²) < 4.78 is 5.08. The Balaban J connectivity index is 2.83. The van der Waals surface area contributed by atoms with Crippen molar-refractivity contribution in [1.29, 1.82) is 0 Å². The normalized spacial score (nSPS) is 8.91. The number of unbranched alkanes of at least 4 members (excludes halogenated alkanes) is 3. The highest BCUT2D eigenvalue weighted by atomic mass is 16.5. The third-order valence-corrected chi connectivity index (χ3v) is 1.41. The minimum absolute atomic E-state index is 0.857. The quantitative estimate of drug-likeness (QED) is 0.421. The van der Waals surface area contributed by atoms with E-state index in [9.17, 15) is 0 Å². The lowest BCUT2D eigenvalue weighted by Gasteiger charge is -1.97. The first-order valence-corrected chi connectivity index (χ1v) is 4.21. The minimum Gasteiger partial charge on any atom is -0.376 e. The van der Waals surface area contributed by atoms with E-state index in [1.165, 1.54) is 12.8 Å². The van der Waals surface area contributed by atoms with Crippen molar-refractivity contribution in [1.82, 2.24) is 0 Å². The minimum atomic E-state index is 0.857. The van der Waals surface area contributed by atoms with Crippen molar-refractivity contribution in [3.05, 3.63) is 6.61 Å². The van der Waals surface area contributed by atoms with Crippen LogP contribution in [0.1, 0.15) is 39.5 Å². The molecule has 0 unspecified atom stereocenters. The maximum atomic E-state index is 5.08. The van der Waals surface area contributed by atoms with Gasteiger partial charge in [-0.3, -0.25) is 0 Å². The third-order valence-electron chi connectivity index (χ3n) is 1.41. The number of hydrogen-bond acceptors (Lipinski definition) is 1. The fourth-order valence-electron chi connectivity index (χ4n) is 0.818. The highest BCUT2D eigenvalue weighted by Crippen LogP contribution is 1.99. The molecular formula is C10H17O. The third kappa shape index (κ3) is 9.52. The summed E-state index contributed by atoms with van der Waals surface area (Å²) >= 11 is 0. The van der Waals surface area contributed by atoms with E-state index < -0.39 is 0 Å². The maximum Gasteiger partial charge on any atom is 0.0805 e. The summed E-state index contributed by atoms with van der Waals surface area (Å²) in [4.78, 5) is 0. The topological polar surface area (TPSA) is 9.23 Å². The zero-order valence-corrected chi connectivity index (χ0v) is 7.52. The molecule has 0 aliphatic rings. The Labute approximate surface area is 70.1 Å². The molecule has 0 saturated carbocycles. The average Bonchev–Trinajstić information content (AvgIpc) is 2.03. The van der Waals surface area contributed by atoms with Crippen LogP contribution in [-0.2, 0) is 4.74 Å². The predicted octanol–water partition coefficient (Wildman–Crippen LogP) is 2.77. The first-order valence-electron chi connectivity index (χ1n) is 4.21. The van der Waals surface area contributed by atoms with Crippen LogP contribution in [0.2, 0.25) is 0 Å². The second-order valence-electron chi connectivity index (χ2n) is 2.34. The van der Waals surface area contributed by atoms with Gasteiger partial charge < -0.3 is 4.74 Å². The van der Waals surface area contributed by atoms with Crippen LogP contribution < -0.4 is 0 Å². The van der Waals surface area contributed by atoms with Crippen molar-refractivity contribution in [3.8, 4) is 11.8 Å². The molecule has 11 heavy (non-hydrogen) atoms. The van der Waals surface area contributed by atoms with E-state index in [4.69, 9.17) is 4.74 Å². The summed E-state index contributed by atoms with van der Waals surface area (Å²) in [6.45, 7) is 6.39. The number of hydrogen-bond donors (Lipinski definition) is 0. The van der Waals surface area contributed by atoms with Gasteiger partial charge in [0.25, 0.3) is 0 Å². The highest BCUT2D eigenvalue weighted by Gasteiger charge is 1.86. The molecule has 0 aromatic rings. The number of rotatable bonds is 6. The van der Waals surface area contributed by atoms with E-state index in [0.717, 1.165) is 19.4 Å². The summed E-state index contributed by atoms with van der Waals surface area (Å²) in [7, 11) is 0. The molecule has 0 fully saturated rings. The zero-order chi connectivity index (χ0) is 8.36. The summed E-state index contributed by atoms with van der Waals surface area (Å²) in [5.74, 6) is 5.92. The molecule has 0 heterocycles. The number of ether oxygens (including phenoxy) is 1. The van der Waals surface area contributed by atoms with E-state index in [0.29, 0.717) is 0 Å². The van der Waals surface area contributed by atoms with Gasteiger partial charge in [0.1, 0.15) is 0 Å². The van der Waals surface area contributed by atoms with Crippen molar-refractivity contribution >= 4 is 0 Å². The molecule has 0 saturated heterocycles. The van der Waals surface area contributed by atoms with E-state index in [2.05, 4.69) is 11.8 Å². The average molecular weight is 153 g/mol. The lowest BCUT2D eigenvalue weighted by atomic mass is 10.2. The van der Waals surface area contributed by atoms with E-state index in [-0.39, 0.29) is 0 Å². The lowest BCUT2D eigenvalue weighted by Crippen LogP contribution is -1.88. The molecule has 0 aromatic heterocycles. The van der Waals surface area contributed by atoms with Crippen molar-refractivity contribution in [2.24, 2.45) is 0 Å². The standard InChI is InChI=1S/C10H17O/c1-3-5-6-7-8-9-10-11-4-2/h4H,6-10H2,1-2H3. The molecule has 0 rings (SSSR count). The Morgan fingerprint density at radius 2 is 2.09 bits per heavy atom. The molecule has 0 N–H and O–H groups in total. The van der Waals surface area contributed by atoms with Gasteiger partial charge in [-0.05, 0) is 26.7 Å². The molecule has 1 heteroatoms. The molecule has 0 amide bonds. The Morgan fingerprint density at radius 3 is 2.73 bits per heavy atom. The largest absolute Gasteiger partial charge is 0.376 e. The van der Waals surface area contributed by atoms with Gasteiger partial charge in [0.05, 0.1) is 6.61 Å². The highest BCUT2D eigenvalue weighted by molar-refractivity contribution is 4.94. The van der Waals surface area contributed by atoms with Gasteiger partial charge in [-0.25, -0.2) is 0 Å². The summed E-state index contributed by atoms with van der Waals surface area (Å²) in [6, 6.07) is 0. The van der Waals surface area contributed by atoms with Crippen LogP contribution in [0.5, 0.6) is 0 Å². The Hall–Kier alpha value is -0.480. The molecule has 0 aliphatic carbocycles. The van der Waals surface area contributed by atoms with E-state index in [1.54, 1.807) is 6.61 Å². The maximum absolute atomic E-state index is 5.08. The fourth-order valence-corrected chi connectivity index (χ4v) is 0.818. The molecule has 0 aromatic carbocycles. The first-order chi connectivity index (χ1) is 5.41. The zero-order valence-electron chi connectivity index (χ0n) is 7.52. The van der Waals surface area contributed by atoms with Crippen LogP contribution in [0.15, 0.2) is 0 Å². The second-order valence-corrected chi connectivity index (χ2v) is 2.34. The first kappa shape index (κ1) is 10.5. The van der Waals surface area contributed by atoms with Crippen LogP contribution in [0.3, 0.4) is 0 Å². The predicted molar refractivity (Wildman–Crippen MR) is 47.8 cm³/mol. The molecule has 1 radical (unpaired) electrons. The van der Waals surface area contributed by atoms with Gasteiger partial charge in [0, 0.05) is 13.0 Å². The van der Waals surface area contributed by atoms with E-state index >= 15 is 0 Å². The van der Waals surface area contributed by atoms with Crippen molar-refractivity contribution in [2.75, 3.05) is 6.61 Å². The van der Waals surface area contributed by atoms with Gasteiger partial charge >= 0.3 is 0 Å². The van der Waals surface area contributed by atoms with Crippen LogP contribution in [0.4, 0.5) is 0 Å².